The van der Waals surface area contributed by atoms with E-state index in [4.69, 9.17) is 0 Å². The number of halogens is 2. The minimum absolute atomic E-state index is 0.0309. The summed E-state index contributed by atoms with van der Waals surface area (Å²) in [5.41, 5.74) is 1.90. The molecule has 216 valence electrons. The second kappa shape index (κ2) is 8.94. The number of anilines is 3. The quantitative estimate of drug-likeness (QED) is 0.299. The molecule has 4 fully saturated rings. The summed E-state index contributed by atoms with van der Waals surface area (Å²) in [6.45, 7) is 4.96. The van der Waals surface area contributed by atoms with E-state index in [1.165, 1.54) is 35.1 Å². The first-order chi connectivity index (χ1) is 20.2. The summed E-state index contributed by atoms with van der Waals surface area (Å²) in [5.74, 6) is 1.44. The molecule has 2 aliphatic heterocycles. The van der Waals surface area contributed by atoms with E-state index in [-0.39, 0.29) is 28.5 Å². The van der Waals surface area contributed by atoms with Crippen molar-refractivity contribution in [3.63, 3.8) is 0 Å². The van der Waals surface area contributed by atoms with Crippen LogP contribution in [0.15, 0.2) is 36.1 Å². The van der Waals surface area contributed by atoms with Gasteiger partial charge in [0.1, 0.15) is 16.9 Å². The van der Waals surface area contributed by atoms with Crippen molar-refractivity contribution in [3.8, 4) is 10.6 Å². The summed E-state index contributed by atoms with van der Waals surface area (Å²) < 4.78 is 26.0. The van der Waals surface area contributed by atoms with Crippen molar-refractivity contribution in [2.75, 3.05) is 23.3 Å². The number of amides is 1. The van der Waals surface area contributed by atoms with Crippen LogP contribution in [0.25, 0.3) is 10.6 Å². The minimum Gasteiger partial charge on any atom is -0.386 e. The molecule has 6 heterocycles. The highest BCUT2D eigenvalue weighted by molar-refractivity contribution is 7.17. The number of nitrogens with one attached hydrogen (secondary N) is 1. The highest BCUT2D eigenvalue weighted by Gasteiger charge is 2.99. The number of aliphatic hydroxyl groups excluding tert-OH is 1. The van der Waals surface area contributed by atoms with Crippen molar-refractivity contribution in [1.82, 2.24) is 29.8 Å². The van der Waals surface area contributed by atoms with Gasteiger partial charge in [-0.3, -0.25) is 4.79 Å². The maximum Gasteiger partial charge on any atom is 0.266 e. The molecular weight excluding hydrogens is 582 g/mol. The lowest BCUT2D eigenvalue weighted by Crippen LogP contribution is -2.59. The Bertz CT molecular complexity index is 1710. The number of piperidine rings is 1. The molecule has 4 aromatic heterocycles. The number of aryl methyl sites for hydroxylation is 1. The van der Waals surface area contributed by atoms with E-state index in [1.54, 1.807) is 25.3 Å². The zero-order valence-corrected chi connectivity index (χ0v) is 24.3. The van der Waals surface area contributed by atoms with E-state index in [2.05, 4.69) is 30.2 Å². The van der Waals surface area contributed by atoms with E-state index >= 15 is 0 Å². The lowest BCUT2D eigenvalue weighted by atomic mass is 10.00. The van der Waals surface area contributed by atoms with Crippen molar-refractivity contribution < 1.29 is 18.7 Å². The molecule has 0 bridgehead atoms. The van der Waals surface area contributed by atoms with Crippen molar-refractivity contribution in [3.05, 3.63) is 57.9 Å². The van der Waals surface area contributed by atoms with Crippen LogP contribution in [0.4, 0.5) is 25.7 Å². The molecule has 0 aromatic carbocycles. The van der Waals surface area contributed by atoms with E-state index < -0.39 is 12.5 Å². The Kier molecular flexibility index (Phi) is 5.54. The van der Waals surface area contributed by atoms with Crippen LogP contribution in [0, 0.1) is 18.3 Å². The number of hydrogen-bond donors (Lipinski definition) is 2. The number of carbonyl (C=O) groups excluding carboxylic acids is 1. The third kappa shape index (κ3) is 3.61. The summed E-state index contributed by atoms with van der Waals surface area (Å²) >= 11 is 2.87. The zero-order valence-electron chi connectivity index (χ0n) is 22.7. The van der Waals surface area contributed by atoms with Gasteiger partial charge in [0.05, 0.1) is 32.9 Å². The molecule has 2 saturated carbocycles. The summed E-state index contributed by atoms with van der Waals surface area (Å²) in [6, 6.07) is 3.84. The molecule has 8 rings (SSSR count). The van der Waals surface area contributed by atoms with E-state index in [9.17, 15) is 18.7 Å². The Morgan fingerprint density at radius 1 is 1.19 bits per heavy atom. The molecule has 2 aliphatic carbocycles. The van der Waals surface area contributed by atoms with Crippen molar-refractivity contribution in [2.45, 2.75) is 50.8 Å². The zero-order chi connectivity index (χ0) is 29.0. The molecular formula is C28H26F2N8O2S2. The predicted octanol–water partition coefficient (Wildman–Crippen LogP) is 4.99. The SMILES string of the molecule is Cc1nc(C(C)O)sc1-c1csc(Nc2ccc(C(=O)N3[C@H]4C5CCN(c6ncc(C(F)F)cn6)C[C@]36CC546)cn2)n1. The number of rotatable bonds is 7. The average molecular weight is 609 g/mol. The normalized spacial score (nSPS) is 27.6. The van der Waals surface area contributed by atoms with Gasteiger partial charge in [-0.05, 0) is 44.7 Å². The first kappa shape index (κ1) is 26.0. The van der Waals surface area contributed by atoms with E-state index in [1.807, 2.05) is 22.1 Å². The van der Waals surface area contributed by atoms with Crippen molar-refractivity contribution in [2.24, 2.45) is 11.3 Å². The monoisotopic (exact) mass is 608 g/mol. The van der Waals surface area contributed by atoms with Gasteiger partial charge in [0.15, 0.2) is 5.13 Å². The molecule has 1 amide bonds. The fourth-order valence-corrected chi connectivity index (χ4v) is 9.05. The first-order valence-corrected chi connectivity index (χ1v) is 15.4. The van der Waals surface area contributed by atoms with Crippen LogP contribution < -0.4 is 10.2 Å². The standard InChI is InChI=1S/C28H26F2N8O2S2/c1-13-20(42-23(34-13)14(2)39)18-10-41-26(35-18)36-19-4-3-15(7-31-19)24(40)38-21-17-5-6-37(12-27(38)11-28(17,21)27)25-32-8-16(9-33-25)22(29)30/h3-4,7-10,14,17,21-22,39H,5-6,11-12H2,1-2H3,(H,31,35,36)/t14?,17?,21-,27-,28?/m0/s1. The van der Waals surface area contributed by atoms with Gasteiger partial charge in [0.2, 0.25) is 5.95 Å². The highest BCUT2D eigenvalue weighted by atomic mass is 32.1. The third-order valence-corrected chi connectivity index (χ3v) is 11.4. The first-order valence-electron chi connectivity index (χ1n) is 13.7. The van der Waals surface area contributed by atoms with Gasteiger partial charge in [-0.25, -0.2) is 33.7 Å². The lowest BCUT2D eigenvalue weighted by Gasteiger charge is -2.43. The largest absolute Gasteiger partial charge is 0.386 e. The number of hydrogen-bond acceptors (Lipinski definition) is 11. The number of likely N-dealkylation sites (tertiary alicyclic amines) is 1. The van der Waals surface area contributed by atoms with Gasteiger partial charge in [-0.15, -0.1) is 22.7 Å². The molecule has 10 nitrogen and oxygen atoms in total. The second-order valence-electron chi connectivity index (χ2n) is 11.5. The molecule has 5 atom stereocenters. The number of fused-ring (bicyclic) bond motifs is 1. The number of carbonyl (C=O) groups is 1. The molecule has 0 radical (unpaired) electrons. The Morgan fingerprint density at radius 3 is 2.69 bits per heavy atom. The number of aromatic nitrogens is 5. The number of nitrogens with zero attached hydrogens (tertiary/aromatic N) is 7. The van der Waals surface area contributed by atoms with Gasteiger partial charge in [-0.1, -0.05) is 0 Å². The van der Waals surface area contributed by atoms with Crippen LogP contribution in [0.2, 0.25) is 0 Å². The van der Waals surface area contributed by atoms with Crippen LogP contribution in [0.5, 0.6) is 0 Å². The van der Waals surface area contributed by atoms with Crippen LogP contribution in [0.1, 0.15) is 58.9 Å². The fourth-order valence-electron chi connectivity index (χ4n) is 7.31. The Morgan fingerprint density at radius 2 is 2.00 bits per heavy atom. The second-order valence-corrected chi connectivity index (χ2v) is 13.4. The fraction of sp³-hybridized carbons (Fsp3) is 0.429. The number of pyridine rings is 1. The predicted molar refractivity (Wildman–Crippen MR) is 153 cm³/mol. The van der Waals surface area contributed by atoms with Gasteiger partial charge < -0.3 is 20.2 Å². The molecule has 2 N–H and O–H groups in total. The van der Waals surface area contributed by atoms with Gasteiger partial charge in [-0.2, -0.15) is 0 Å². The smallest absolute Gasteiger partial charge is 0.266 e. The average Bonchev–Trinajstić information content (AvgIpc) is 3.43. The van der Waals surface area contributed by atoms with Crippen LogP contribution in [0.3, 0.4) is 0 Å². The summed E-state index contributed by atoms with van der Waals surface area (Å²) in [6.07, 6.45) is 2.64. The van der Waals surface area contributed by atoms with E-state index in [0.717, 1.165) is 35.7 Å². The van der Waals surface area contributed by atoms with Crippen molar-refractivity contribution >= 4 is 45.5 Å². The van der Waals surface area contributed by atoms with Crippen LogP contribution >= 0.6 is 22.7 Å². The van der Waals surface area contributed by atoms with Gasteiger partial charge >= 0.3 is 0 Å². The summed E-state index contributed by atoms with van der Waals surface area (Å²) in [7, 11) is 0. The molecule has 4 aliphatic rings. The van der Waals surface area contributed by atoms with Crippen LogP contribution in [-0.2, 0) is 0 Å². The molecule has 1 spiro atoms. The number of thiazole rings is 2. The number of aliphatic hydroxyl groups is 1. The maximum atomic E-state index is 13.7. The minimum atomic E-state index is -2.60. The molecule has 2 saturated heterocycles. The summed E-state index contributed by atoms with van der Waals surface area (Å²) in [4.78, 5) is 40.7. The molecule has 4 aromatic rings. The summed E-state index contributed by atoms with van der Waals surface area (Å²) in [5, 5.41) is 16.3. The Balaban J connectivity index is 0.962. The molecule has 14 heteroatoms. The van der Waals surface area contributed by atoms with E-state index in [0.29, 0.717) is 39.9 Å². The Hall–Kier alpha value is -3.62. The topological polar surface area (TPSA) is 120 Å². The van der Waals surface area contributed by atoms with Crippen LogP contribution in [-0.4, -0.2) is 65.5 Å². The Labute approximate surface area is 247 Å². The molecule has 3 unspecified atom stereocenters. The van der Waals surface area contributed by atoms with Gasteiger partial charge in [0, 0.05) is 48.5 Å². The third-order valence-electron chi connectivity index (χ3n) is 9.25. The van der Waals surface area contributed by atoms with Gasteiger partial charge in [0.25, 0.3) is 12.3 Å². The molecule has 42 heavy (non-hydrogen) atoms. The number of alkyl halides is 2. The lowest BCUT2D eigenvalue weighted by molar-refractivity contribution is 0.0415. The highest BCUT2D eigenvalue weighted by Crippen LogP contribution is 2.90. The maximum absolute atomic E-state index is 13.7. The van der Waals surface area contributed by atoms with Crippen molar-refractivity contribution in [1.29, 1.82) is 0 Å².